The van der Waals surface area contributed by atoms with Crippen LogP contribution < -0.4 is 0 Å². The van der Waals surface area contributed by atoms with E-state index in [1.165, 1.54) is 12.1 Å². The van der Waals surface area contributed by atoms with Crippen LogP contribution in [0.4, 0.5) is 4.39 Å². The highest BCUT2D eigenvalue weighted by Gasteiger charge is 2.39. The fourth-order valence-electron chi connectivity index (χ4n) is 2.58. The van der Waals surface area contributed by atoms with Crippen LogP contribution in [0.2, 0.25) is 0 Å². The molecule has 5 nitrogen and oxygen atoms in total. The van der Waals surface area contributed by atoms with E-state index in [4.69, 9.17) is 16.6 Å². The molecule has 0 spiro atoms. The number of carboxylic acid groups (broad SMARTS) is 1. The van der Waals surface area contributed by atoms with Gasteiger partial charge in [0.25, 0.3) is 5.91 Å². The largest absolute Gasteiger partial charge is 0.480 e. The van der Waals surface area contributed by atoms with Crippen LogP contribution in [0.15, 0.2) is 45.7 Å². The Morgan fingerprint density at radius 1 is 1.38 bits per heavy atom. The van der Waals surface area contributed by atoms with Crippen molar-refractivity contribution in [2.45, 2.75) is 19.4 Å². The number of carboxylic acids is 1. The third-order valence-electron chi connectivity index (χ3n) is 3.85. The van der Waals surface area contributed by atoms with E-state index in [-0.39, 0.29) is 15.6 Å². The number of carbonyl (C=O) groups is 2. The molecule has 2 heterocycles. The van der Waals surface area contributed by atoms with Gasteiger partial charge in [0.05, 0.1) is 10.5 Å². The maximum Gasteiger partial charge on any atom is 0.326 e. The van der Waals surface area contributed by atoms with Gasteiger partial charge < -0.3 is 9.52 Å². The zero-order chi connectivity index (χ0) is 18.8. The molecule has 1 aromatic carbocycles. The van der Waals surface area contributed by atoms with Gasteiger partial charge in [-0.1, -0.05) is 43.0 Å². The third kappa shape index (κ3) is 3.42. The first-order chi connectivity index (χ1) is 12.4. The normalized spacial score (nSPS) is 17.2. The van der Waals surface area contributed by atoms with E-state index in [1.54, 1.807) is 37.3 Å². The first kappa shape index (κ1) is 18.3. The number of aliphatic carboxylic acids is 1. The molecule has 0 bridgehead atoms. The van der Waals surface area contributed by atoms with Gasteiger partial charge in [-0.3, -0.25) is 9.69 Å². The lowest BCUT2D eigenvalue weighted by Gasteiger charge is -2.21. The number of hydrogen-bond donors (Lipinski definition) is 1. The number of furan rings is 1. The molecule has 1 amide bonds. The minimum absolute atomic E-state index is 0.191. The van der Waals surface area contributed by atoms with Gasteiger partial charge >= 0.3 is 5.97 Å². The first-order valence-corrected chi connectivity index (χ1v) is 8.99. The van der Waals surface area contributed by atoms with Crippen molar-refractivity contribution in [3.05, 3.63) is 52.9 Å². The zero-order valence-electron chi connectivity index (χ0n) is 13.6. The summed E-state index contributed by atoms with van der Waals surface area (Å²) < 4.78 is 19.6. The molecule has 1 N–H and O–H groups in total. The van der Waals surface area contributed by atoms with Gasteiger partial charge in [0, 0.05) is 6.08 Å². The molecule has 3 rings (SSSR count). The summed E-state index contributed by atoms with van der Waals surface area (Å²) in [6.07, 6.45) is 1.73. The van der Waals surface area contributed by atoms with Crippen LogP contribution in [-0.4, -0.2) is 32.2 Å². The van der Waals surface area contributed by atoms with E-state index in [9.17, 15) is 19.1 Å². The molecule has 8 heteroatoms. The average molecular weight is 391 g/mol. The summed E-state index contributed by atoms with van der Waals surface area (Å²) in [6.45, 7) is 1.67. The topological polar surface area (TPSA) is 70.8 Å². The zero-order valence-corrected chi connectivity index (χ0v) is 15.3. The van der Waals surface area contributed by atoms with Crippen LogP contribution in [-0.2, 0) is 9.59 Å². The molecule has 1 fully saturated rings. The summed E-state index contributed by atoms with van der Waals surface area (Å²) in [5, 5.41) is 9.26. The van der Waals surface area contributed by atoms with Crippen molar-refractivity contribution in [1.29, 1.82) is 0 Å². The number of halogens is 1. The van der Waals surface area contributed by atoms with Gasteiger partial charge in [-0.05, 0) is 30.7 Å². The molecular weight excluding hydrogens is 377 g/mol. The van der Waals surface area contributed by atoms with Crippen molar-refractivity contribution in [2.24, 2.45) is 0 Å². The molecule has 26 heavy (non-hydrogen) atoms. The summed E-state index contributed by atoms with van der Waals surface area (Å²) in [7, 11) is 0. The lowest BCUT2D eigenvalue weighted by molar-refractivity contribution is -0.145. The highest BCUT2D eigenvalue weighted by molar-refractivity contribution is 8.26. The Morgan fingerprint density at radius 2 is 2.12 bits per heavy atom. The van der Waals surface area contributed by atoms with E-state index in [1.807, 2.05) is 0 Å². The van der Waals surface area contributed by atoms with E-state index in [0.29, 0.717) is 17.1 Å². The van der Waals surface area contributed by atoms with E-state index in [0.717, 1.165) is 16.7 Å². The molecule has 1 aromatic heterocycles. The average Bonchev–Trinajstić information content (AvgIpc) is 3.16. The maximum atomic E-state index is 13.8. The molecule has 1 aliphatic heterocycles. The standard InChI is InChI=1S/C18H14FNO4S2/c1-2-13(17(22)23)20-16(21)15(26-18(20)25)9-10-7-8-14(24-10)11-5-3-4-6-12(11)19/h3-9,13H,2H2,1H3,(H,22,23)/b15-9+/t13-/m0/s1. The number of thioether (sulfide) groups is 1. The van der Waals surface area contributed by atoms with Crippen molar-refractivity contribution in [3.63, 3.8) is 0 Å². The highest BCUT2D eigenvalue weighted by Crippen LogP contribution is 2.35. The predicted molar refractivity (Wildman–Crippen MR) is 101 cm³/mol. The van der Waals surface area contributed by atoms with Gasteiger partial charge in [-0.2, -0.15) is 0 Å². The number of hydrogen-bond acceptors (Lipinski definition) is 5. The fourth-order valence-corrected chi connectivity index (χ4v) is 3.92. The number of rotatable bonds is 5. The Hall–Kier alpha value is -2.45. The van der Waals surface area contributed by atoms with E-state index in [2.05, 4.69) is 0 Å². The Bertz CT molecular complexity index is 921. The Balaban J connectivity index is 1.88. The lowest BCUT2D eigenvalue weighted by Crippen LogP contribution is -2.43. The van der Waals surface area contributed by atoms with Crippen LogP contribution in [0.1, 0.15) is 19.1 Å². The number of carbonyl (C=O) groups excluding carboxylic acids is 1. The van der Waals surface area contributed by atoms with Gasteiger partial charge in [0.15, 0.2) is 0 Å². The van der Waals surface area contributed by atoms with Crippen LogP contribution in [0.3, 0.4) is 0 Å². The summed E-state index contributed by atoms with van der Waals surface area (Å²) in [5.74, 6) is -1.30. The third-order valence-corrected chi connectivity index (χ3v) is 5.18. The monoisotopic (exact) mass is 391 g/mol. The SMILES string of the molecule is CC[C@@H](C(=O)O)N1C(=O)/C(=C\c2ccc(-c3ccccc3F)o2)SC1=S. The van der Waals surface area contributed by atoms with Gasteiger partial charge in [0.1, 0.15) is 27.7 Å². The van der Waals surface area contributed by atoms with Gasteiger partial charge in [0.2, 0.25) is 0 Å². The molecule has 0 unspecified atom stereocenters. The lowest BCUT2D eigenvalue weighted by atomic mass is 10.1. The summed E-state index contributed by atoms with van der Waals surface area (Å²) in [6, 6.07) is 8.43. The van der Waals surface area contributed by atoms with E-state index < -0.39 is 23.7 Å². The van der Waals surface area contributed by atoms with Crippen molar-refractivity contribution < 1.29 is 23.5 Å². The van der Waals surface area contributed by atoms with Crippen molar-refractivity contribution in [1.82, 2.24) is 4.90 Å². The van der Waals surface area contributed by atoms with Crippen molar-refractivity contribution >= 4 is 46.3 Å². The number of benzene rings is 1. The van der Waals surface area contributed by atoms with Crippen LogP contribution in [0.25, 0.3) is 17.4 Å². The quantitative estimate of drug-likeness (QED) is 0.610. The smallest absolute Gasteiger partial charge is 0.326 e. The second-order valence-electron chi connectivity index (χ2n) is 5.50. The summed E-state index contributed by atoms with van der Waals surface area (Å²) in [5.41, 5.74) is 0.316. The van der Waals surface area contributed by atoms with Crippen molar-refractivity contribution in [3.8, 4) is 11.3 Å². The molecule has 2 aromatic rings. The number of nitrogens with zero attached hydrogens (tertiary/aromatic N) is 1. The Morgan fingerprint density at radius 3 is 2.77 bits per heavy atom. The van der Waals surface area contributed by atoms with Gasteiger partial charge in [-0.15, -0.1) is 0 Å². The second-order valence-corrected chi connectivity index (χ2v) is 7.17. The molecular formula is C18H14FNO4S2. The minimum Gasteiger partial charge on any atom is -0.480 e. The summed E-state index contributed by atoms with van der Waals surface area (Å²) >= 11 is 6.17. The van der Waals surface area contributed by atoms with Gasteiger partial charge in [-0.25, -0.2) is 9.18 Å². The molecule has 1 saturated heterocycles. The van der Waals surface area contributed by atoms with Crippen molar-refractivity contribution in [2.75, 3.05) is 0 Å². The van der Waals surface area contributed by atoms with E-state index >= 15 is 0 Å². The number of thiocarbonyl (C=S) groups is 1. The molecule has 0 saturated carbocycles. The maximum absolute atomic E-state index is 13.8. The predicted octanol–water partition coefficient (Wildman–Crippen LogP) is 4.15. The molecule has 1 atom stereocenters. The van der Waals surface area contributed by atoms with Crippen LogP contribution in [0.5, 0.6) is 0 Å². The molecule has 0 radical (unpaired) electrons. The number of amides is 1. The minimum atomic E-state index is -1.11. The Kier molecular flexibility index (Phi) is 5.24. The summed E-state index contributed by atoms with van der Waals surface area (Å²) in [4.78, 5) is 25.2. The second kappa shape index (κ2) is 7.43. The fraction of sp³-hybridized carbons (Fsp3) is 0.167. The van der Waals surface area contributed by atoms with Crippen LogP contribution >= 0.6 is 24.0 Å². The molecule has 1 aliphatic rings. The highest BCUT2D eigenvalue weighted by atomic mass is 32.2. The van der Waals surface area contributed by atoms with Crippen LogP contribution in [0, 0.1) is 5.82 Å². The Labute approximate surface area is 158 Å². The molecule has 134 valence electrons. The molecule has 0 aliphatic carbocycles. The first-order valence-electron chi connectivity index (χ1n) is 7.77.